The third-order valence-electron chi connectivity index (χ3n) is 6.74. The zero-order chi connectivity index (χ0) is 23.4. The molecule has 4 rings (SSSR count). The fraction of sp³-hybridized carbons (Fsp3) is 0.462. The highest BCUT2D eigenvalue weighted by atomic mass is 19.1. The van der Waals surface area contributed by atoms with Gasteiger partial charge in [0.1, 0.15) is 5.82 Å². The van der Waals surface area contributed by atoms with Crippen molar-refractivity contribution in [1.82, 2.24) is 15.1 Å². The number of nitrogens with zero attached hydrogens (tertiary/aromatic N) is 3. The maximum Gasteiger partial charge on any atom is 0.256 e. The van der Waals surface area contributed by atoms with Crippen molar-refractivity contribution in [2.75, 3.05) is 44.2 Å². The van der Waals surface area contributed by atoms with Crippen LogP contribution in [-0.2, 0) is 0 Å². The van der Waals surface area contributed by atoms with E-state index < -0.39 is 0 Å². The van der Waals surface area contributed by atoms with E-state index in [4.69, 9.17) is 0 Å². The standard InChI is InChI=1S/C26H33FN4O2/c1-19(2)29-15-17-31(18-16-29)26(33)23-5-3-4-6-24(23)30-13-11-22(12-14-30)28-25(32)20-7-9-21(27)10-8-20/h3-10,19,22H,11-18H2,1-2H3,(H,28,32). The molecule has 0 bridgehead atoms. The number of anilines is 1. The zero-order valence-corrected chi connectivity index (χ0v) is 19.5. The highest BCUT2D eigenvalue weighted by Gasteiger charge is 2.28. The maximum absolute atomic E-state index is 13.3. The Balaban J connectivity index is 1.36. The van der Waals surface area contributed by atoms with E-state index in [1.165, 1.54) is 24.3 Å². The largest absolute Gasteiger partial charge is 0.371 e. The van der Waals surface area contributed by atoms with Gasteiger partial charge in [0.25, 0.3) is 11.8 Å². The molecule has 2 fully saturated rings. The predicted molar refractivity (Wildman–Crippen MR) is 128 cm³/mol. The van der Waals surface area contributed by atoms with Gasteiger partial charge in [-0.3, -0.25) is 14.5 Å². The molecule has 33 heavy (non-hydrogen) atoms. The SMILES string of the molecule is CC(C)N1CCN(C(=O)c2ccccc2N2CCC(NC(=O)c3ccc(F)cc3)CC2)CC1. The van der Waals surface area contributed by atoms with Gasteiger partial charge in [-0.2, -0.15) is 0 Å². The Bertz CT molecular complexity index is 963. The summed E-state index contributed by atoms with van der Waals surface area (Å²) in [6.07, 6.45) is 1.59. The van der Waals surface area contributed by atoms with Crippen LogP contribution < -0.4 is 10.2 Å². The second-order valence-corrected chi connectivity index (χ2v) is 9.18. The molecule has 7 heteroatoms. The minimum Gasteiger partial charge on any atom is -0.371 e. The number of hydrogen-bond acceptors (Lipinski definition) is 4. The quantitative estimate of drug-likeness (QED) is 0.756. The molecule has 2 heterocycles. The van der Waals surface area contributed by atoms with Crippen LogP contribution in [0.15, 0.2) is 48.5 Å². The van der Waals surface area contributed by atoms with Gasteiger partial charge < -0.3 is 15.1 Å². The van der Waals surface area contributed by atoms with Crippen LogP contribution in [0.1, 0.15) is 47.4 Å². The average molecular weight is 453 g/mol. The van der Waals surface area contributed by atoms with Gasteiger partial charge in [0.05, 0.1) is 5.56 Å². The lowest BCUT2D eigenvalue weighted by Crippen LogP contribution is -2.51. The fourth-order valence-electron chi connectivity index (χ4n) is 4.68. The number of rotatable bonds is 5. The summed E-state index contributed by atoms with van der Waals surface area (Å²) in [6.45, 7) is 9.23. The van der Waals surface area contributed by atoms with Gasteiger partial charge in [0, 0.05) is 62.6 Å². The number of para-hydroxylation sites is 1. The molecule has 6 nitrogen and oxygen atoms in total. The first-order valence-corrected chi connectivity index (χ1v) is 11.9. The molecule has 1 N–H and O–H groups in total. The van der Waals surface area contributed by atoms with E-state index in [0.717, 1.165) is 63.4 Å². The summed E-state index contributed by atoms with van der Waals surface area (Å²) in [7, 11) is 0. The predicted octanol–water partition coefficient (Wildman–Crippen LogP) is 3.39. The van der Waals surface area contributed by atoms with Crippen LogP contribution in [0.25, 0.3) is 0 Å². The number of benzene rings is 2. The van der Waals surface area contributed by atoms with Gasteiger partial charge in [-0.25, -0.2) is 4.39 Å². The van der Waals surface area contributed by atoms with E-state index in [1.807, 2.05) is 29.2 Å². The molecule has 2 saturated heterocycles. The number of piperazine rings is 1. The lowest BCUT2D eigenvalue weighted by molar-refractivity contribution is 0.0596. The summed E-state index contributed by atoms with van der Waals surface area (Å²) in [4.78, 5) is 32.4. The summed E-state index contributed by atoms with van der Waals surface area (Å²) >= 11 is 0. The van der Waals surface area contributed by atoms with Crippen LogP contribution in [0.3, 0.4) is 0 Å². The Morgan fingerprint density at radius 3 is 2.18 bits per heavy atom. The second-order valence-electron chi connectivity index (χ2n) is 9.18. The minimum atomic E-state index is -0.352. The van der Waals surface area contributed by atoms with Gasteiger partial charge in [0.15, 0.2) is 0 Å². The highest BCUT2D eigenvalue weighted by Crippen LogP contribution is 2.26. The molecule has 0 saturated carbocycles. The first kappa shape index (κ1) is 23.2. The topological polar surface area (TPSA) is 55.9 Å². The van der Waals surface area contributed by atoms with Crippen molar-refractivity contribution in [3.8, 4) is 0 Å². The molecule has 2 amide bonds. The van der Waals surface area contributed by atoms with Crippen LogP contribution in [0.5, 0.6) is 0 Å². The smallest absolute Gasteiger partial charge is 0.256 e. The van der Waals surface area contributed by atoms with E-state index >= 15 is 0 Å². The molecule has 2 aromatic rings. The molecule has 0 radical (unpaired) electrons. The van der Waals surface area contributed by atoms with Gasteiger partial charge >= 0.3 is 0 Å². The number of nitrogens with one attached hydrogen (secondary N) is 1. The zero-order valence-electron chi connectivity index (χ0n) is 19.5. The van der Waals surface area contributed by atoms with Crippen molar-refractivity contribution < 1.29 is 14.0 Å². The molecule has 176 valence electrons. The summed E-state index contributed by atoms with van der Waals surface area (Å²) in [5.74, 6) is -0.430. The van der Waals surface area contributed by atoms with Crippen LogP contribution in [0.4, 0.5) is 10.1 Å². The molecule has 2 aromatic carbocycles. The van der Waals surface area contributed by atoms with Crippen molar-refractivity contribution in [1.29, 1.82) is 0 Å². The highest BCUT2D eigenvalue weighted by molar-refractivity contribution is 6.00. The number of carbonyl (C=O) groups excluding carboxylic acids is 2. The van der Waals surface area contributed by atoms with E-state index in [0.29, 0.717) is 11.6 Å². The van der Waals surface area contributed by atoms with Crippen molar-refractivity contribution in [2.45, 2.75) is 38.8 Å². The van der Waals surface area contributed by atoms with Crippen molar-refractivity contribution >= 4 is 17.5 Å². The summed E-state index contributed by atoms with van der Waals surface area (Å²) in [5.41, 5.74) is 2.19. The fourth-order valence-corrected chi connectivity index (χ4v) is 4.68. The van der Waals surface area contributed by atoms with Crippen LogP contribution in [0.2, 0.25) is 0 Å². The third kappa shape index (κ3) is 5.53. The summed E-state index contributed by atoms with van der Waals surface area (Å²) in [6, 6.07) is 14.0. The number of carbonyl (C=O) groups is 2. The molecule has 0 atom stereocenters. The lowest BCUT2D eigenvalue weighted by atomic mass is 10.0. The molecular weight excluding hydrogens is 419 g/mol. The number of hydrogen-bond donors (Lipinski definition) is 1. The average Bonchev–Trinajstić information content (AvgIpc) is 2.84. The lowest BCUT2D eigenvalue weighted by Gasteiger charge is -2.38. The van der Waals surface area contributed by atoms with E-state index in [2.05, 4.69) is 29.0 Å². The Morgan fingerprint density at radius 2 is 1.55 bits per heavy atom. The first-order valence-electron chi connectivity index (χ1n) is 11.9. The molecular formula is C26H33FN4O2. The molecule has 2 aliphatic rings. The molecule has 2 aliphatic heterocycles. The monoisotopic (exact) mass is 452 g/mol. The van der Waals surface area contributed by atoms with E-state index in [9.17, 15) is 14.0 Å². The second kappa shape index (κ2) is 10.3. The number of halogens is 1. The molecule has 0 aromatic heterocycles. The first-order chi connectivity index (χ1) is 15.9. The Morgan fingerprint density at radius 1 is 0.909 bits per heavy atom. The molecule has 0 unspecified atom stereocenters. The van der Waals surface area contributed by atoms with Gasteiger partial charge in [-0.15, -0.1) is 0 Å². The van der Waals surface area contributed by atoms with Crippen molar-refractivity contribution in [3.05, 3.63) is 65.5 Å². The summed E-state index contributed by atoms with van der Waals surface area (Å²) in [5, 5.41) is 3.06. The van der Waals surface area contributed by atoms with Gasteiger partial charge in [-0.05, 0) is 63.1 Å². The van der Waals surface area contributed by atoms with Crippen molar-refractivity contribution in [2.24, 2.45) is 0 Å². The third-order valence-corrected chi connectivity index (χ3v) is 6.74. The van der Waals surface area contributed by atoms with E-state index in [1.54, 1.807) is 0 Å². The number of piperidine rings is 1. The van der Waals surface area contributed by atoms with Gasteiger partial charge in [-0.1, -0.05) is 12.1 Å². The minimum absolute atomic E-state index is 0.0609. The van der Waals surface area contributed by atoms with Crippen LogP contribution in [-0.4, -0.2) is 73.0 Å². The van der Waals surface area contributed by atoms with Crippen LogP contribution in [0, 0.1) is 5.82 Å². The van der Waals surface area contributed by atoms with Crippen molar-refractivity contribution in [3.63, 3.8) is 0 Å². The Labute approximate surface area is 195 Å². The maximum atomic E-state index is 13.3. The molecule has 0 spiro atoms. The normalized spacial score (nSPS) is 17.9. The van der Waals surface area contributed by atoms with Gasteiger partial charge in [0.2, 0.25) is 0 Å². The summed E-state index contributed by atoms with van der Waals surface area (Å²) < 4.78 is 13.1. The molecule has 0 aliphatic carbocycles. The Hall–Kier alpha value is -2.93. The van der Waals surface area contributed by atoms with E-state index in [-0.39, 0.29) is 23.7 Å². The Kier molecular flexibility index (Phi) is 7.28. The van der Waals surface area contributed by atoms with Crippen LogP contribution >= 0.6 is 0 Å². The number of amides is 2.